The number of thiophene rings is 1. The number of rotatable bonds is 7. The zero-order chi connectivity index (χ0) is 16.8. The second kappa shape index (κ2) is 8.51. The van der Waals surface area contributed by atoms with E-state index in [9.17, 15) is 4.79 Å². The molecule has 0 aliphatic carbocycles. The van der Waals surface area contributed by atoms with Crippen LogP contribution in [0.1, 0.15) is 23.8 Å². The maximum Gasteiger partial charge on any atom is 0.258 e. The van der Waals surface area contributed by atoms with Crippen molar-refractivity contribution in [3.8, 4) is 5.75 Å². The van der Waals surface area contributed by atoms with Crippen LogP contribution in [0.15, 0.2) is 41.8 Å². The minimum Gasteiger partial charge on any atom is -0.484 e. The van der Waals surface area contributed by atoms with E-state index in [4.69, 9.17) is 16.3 Å². The molecule has 6 heteroatoms. The number of amides is 1. The summed E-state index contributed by atoms with van der Waals surface area (Å²) in [5.74, 6) is 0.489. The molecule has 0 radical (unpaired) electrons. The van der Waals surface area contributed by atoms with E-state index in [0.717, 1.165) is 13.1 Å². The summed E-state index contributed by atoms with van der Waals surface area (Å²) in [5.41, 5.74) is 0. The Morgan fingerprint density at radius 3 is 2.83 bits per heavy atom. The molecule has 1 amide bonds. The van der Waals surface area contributed by atoms with Gasteiger partial charge in [0.05, 0.1) is 6.04 Å². The van der Waals surface area contributed by atoms with Crippen LogP contribution in [0.2, 0.25) is 5.02 Å². The molecule has 2 heterocycles. The van der Waals surface area contributed by atoms with Gasteiger partial charge in [-0.05, 0) is 55.6 Å². The Kier molecular flexibility index (Phi) is 6.12. The van der Waals surface area contributed by atoms with Crippen molar-refractivity contribution in [1.82, 2.24) is 10.2 Å². The maximum atomic E-state index is 12.1. The first-order chi connectivity index (χ1) is 11.7. The zero-order valence-corrected chi connectivity index (χ0v) is 15.0. The van der Waals surface area contributed by atoms with Gasteiger partial charge in [0.2, 0.25) is 0 Å². The van der Waals surface area contributed by atoms with Gasteiger partial charge in [-0.1, -0.05) is 23.7 Å². The molecule has 0 saturated carbocycles. The van der Waals surface area contributed by atoms with Crippen LogP contribution in [0.4, 0.5) is 0 Å². The Morgan fingerprint density at radius 2 is 2.12 bits per heavy atom. The quantitative estimate of drug-likeness (QED) is 0.813. The highest BCUT2D eigenvalue weighted by Gasteiger charge is 2.24. The molecule has 1 aromatic carbocycles. The first-order valence-electron chi connectivity index (χ1n) is 8.15. The highest BCUT2D eigenvalue weighted by molar-refractivity contribution is 7.10. The van der Waals surface area contributed by atoms with Gasteiger partial charge < -0.3 is 10.1 Å². The van der Waals surface area contributed by atoms with Crippen LogP contribution in [-0.4, -0.2) is 37.0 Å². The van der Waals surface area contributed by atoms with Crippen molar-refractivity contribution in [1.29, 1.82) is 0 Å². The molecule has 2 aromatic rings. The highest BCUT2D eigenvalue weighted by Crippen LogP contribution is 2.27. The van der Waals surface area contributed by atoms with Gasteiger partial charge in [-0.2, -0.15) is 0 Å². The minimum absolute atomic E-state index is 0.00248. The Balaban J connectivity index is 1.51. The van der Waals surface area contributed by atoms with Gasteiger partial charge in [0, 0.05) is 16.4 Å². The van der Waals surface area contributed by atoms with Crippen molar-refractivity contribution >= 4 is 28.8 Å². The third-order valence-electron chi connectivity index (χ3n) is 4.11. The van der Waals surface area contributed by atoms with E-state index >= 15 is 0 Å². The van der Waals surface area contributed by atoms with Crippen molar-refractivity contribution in [3.05, 3.63) is 51.7 Å². The molecule has 3 rings (SSSR count). The Bertz CT molecular complexity index is 657. The normalized spacial score (nSPS) is 16.0. The van der Waals surface area contributed by atoms with Crippen LogP contribution in [0.25, 0.3) is 0 Å². The number of benzene rings is 1. The van der Waals surface area contributed by atoms with Crippen LogP contribution < -0.4 is 10.1 Å². The topological polar surface area (TPSA) is 41.6 Å². The zero-order valence-electron chi connectivity index (χ0n) is 13.4. The lowest BCUT2D eigenvalue weighted by molar-refractivity contribution is -0.123. The smallest absolute Gasteiger partial charge is 0.258 e. The number of carbonyl (C=O) groups is 1. The summed E-state index contributed by atoms with van der Waals surface area (Å²) in [6, 6.07) is 11.5. The molecule has 128 valence electrons. The van der Waals surface area contributed by atoms with E-state index in [-0.39, 0.29) is 18.6 Å². The summed E-state index contributed by atoms with van der Waals surface area (Å²) in [5, 5.41) is 5.68. The third-order valence-corrected chi connectivity index (χ3v) is 5.32. The molecular weight excluding hydrogens is 344 g/mol. The van der Waals surface area contributed by atoms with Gasteiger partial charge in [0.15, 0.2) is 6.61 Å². The molecule has 1 fully saturated rings. The molecule has 0 bridgehead atoms. The van der Waals surface area contributed by atoms with Gasteiger partial charge in [-0.25, -0.2) is 0 Å². The first-order valence-corrected chi connectivity index (χ1v) is 9.40. The van der Waals surface area contributed by atoms with Gasteiger partial charge in [0.25, 0.3) is 5.91 Å². The minimum atomic E-state index is -0.115. The summed E-state index contributed by atoms with van der Waals surface area (Å²) in [6.45, 7) is 2.80. The molecule has 1 saturated heterocycles. The molecule has 1 atom stereocenters. The standard InChI is InChI=1S/C18H21ClN2O2S/c19-14-5-3-6-15(11-14)23-13-18(22)20-12-16(17-7-4-10-24-17)21-8-1-2-9-21/h3-7,10-11,16H,1-2,8-9,12-13H2,(H,20,22). The predicted molar refractivity (Wildman–Crippen MR) is 97.8 cm³/mol. The van der Waals surface area contributed by atoms with Crippen molar-refractivity contribution in [3.63, 3.8) is 0 Å². The van der Waals surface area contributed by atoms with Crippen LogP contribution in [0.5, 0.6) is 5.75 Å². The van der Waals surface area contributed by atoms with Crippen LogP contribution in [0.3, 0.4) is 0 Å². The maximum absolute atomic E-state index is 12.1. The number of ether oxygens (including phenoxy) is 1. The summed E-state index contributed by atoms with van der Waals surface area (Å²) in [4.78, 5) is 15.9. The van der Waals surface area contributed by atoms with Crippen LogP contribution in [-0.2, 0) is 4.79 Å². The molecule has 1 aromatic heterocycles. The van der Waals surface area contributed by atoms with Crippen LogP contribution in [0, 0.1) is 0 Å². The molecule has 1 unspecified atom stereocenters. The summed E-state index contributed by atoms with van der Waals surface area (Å²) < 4.78 is 5.49. The van der Waals surface area contributed by atoms with Gasteiger partial charge in [-0.15, -0.1) is 11.3 Å². The molecule has 4 nitrogen and oxygen atoms in total. The largest absolute Gasteiger partial charge is 0.484 e. The number of hydrogen-bond acceptors (Lipinski definition) is 4. The number of carbonyl (C=O) groups excluding carboxylic acids is 1. The van der Waals surface area contributed by atoms with Gasteiger partial charge >= 0.3 is 0 Å². The third kappa shape index (κ3) is 4.72. The molecule has 1 N–H and O–H groups in total. The van der Waals surface area contributed by atoms with E-state index in [1.807, 2.05) is 0 Å². The summed E-state index contributed by atoms with van der Waals surface area (Å²) in [7, 11) is 0. The Hall–Kier alpha value is -1.56. The first kappa shape index (κ1) is 17.3. The average Bonchev–Trinajstić information content (AvgIpc) is 3.27. The predicted octanol–water partition coefficient (Wildman–Crippen LogP) is 3.73. The number of nitrogens with one attached hydrogen (secondary N) is 1. The molecule has 1 aliphatic rings. The number of nitrogens with zero attached hydrogens (tertiary/aromatic N) is 1. The second-order valence-corrected chi connectivity index (χ2v) is 7.24. The fraction of sp³-hybridized carbons (Fsp3) is 0.389. The van der Waals surface area contributed by atoms with Crippen molar-refractivity contribution < 1.29 is 9.53 Å². The van der Waals surface area contributed by atoms with Crippen molar-refractivity contribution in [2.45, 2.75) is 18.9 Å². The van der Waals surface area contributed by atoms with E-state index < -0.39 is 0 Å². The summed E-state index contributed by atoms with van der Waals surface area (Å²) in [6.07, 6.45) is 2.46. The van der Waals surface area contributed by atoms with Crippen molar-refractivity contribution in [2.24, 2.45) is 0 Å². The van der Waals surface area contributed by atoms with E-state index in [1.54, 1.807) is 35.6 Å². The van der Waals surface area contributed by atoms with Gasteiger partial charge in [-0.3, -0.25) is 9.69 Å². The lowest BCUT2D eigenvalue weighted by atomic mass is 10.2. The highest BCUT2D eigenvalue weighted by atomic mass is 35.5. The molecular formula is C18H21ClN2O2S. The average molecular weight is 365 g/mol. The lowest BCUT2D eigenvalue weighted by Gasteiger charge is -2.26. The fourth-order valence-corrected chi connectivity index (χ4v) is 3.95. The number of likely N-dealkylation sites (tertiary alicyclic amines) is 1. The van der Waals surface area contributed by atoms with Gasteiger partial charge in [0.1, 0.15) is 5.75 Å². The summed E-state index contributed by atoms with van der Waals surface area (Å²) >= 11 is 7.65. The number of halogens is 1. The SMILES string of the molecule is O=C(COc1cccc(Cl)c1)NCC(c1cccs1)N1CCCC1. The monoisotopic (exact) mass is 364 g/mol. The van der Waals surface area contributed by atoms with Crippen molar-refractivity contribution in [2.75, 3.05) is 26.2 Å². The fourth-order valence-electron chi connectivity index (χ4n) is 2.91. The van der Waals surface area contributed by atoms with E-state index in [2.05, 4.69) is 27.7 Å². The van der Waals surface area contributed by atoms with E-state index in [1.165, 1.54) is 17.7 Å². The molecule has 0 spiro atoms. The van der Waals surface area contributed by atoms with E-state index in [0.29, 0.717) is 17.3 Å². The number of hydrogen-bond donors (Lipinski definition) is 1. The molecule has 24 heavy (non-hydrogen) atoms. The van der Waals surface area contributed by atoms with Crippen LogP contribution >= 0.6 is 22.9 Å². The molecule has 1 aliphatic heterocycles. The Labute approximate surface area is 151 Å². The second-order valence-electron chi connectivity index (χ2n) is 5.82. The lowest BCUT2D eigenvalue weighted by Crippen LogP contribution is -2.38. The Morgan fingerprint density at radius 1 is 1.29 bits per heavy atom.